The smallest absolute Gasteiger partial charge is 0.414 e. The number of hydrogen-bond acceptors (Lipinski definition) is 5. The fraction of sp³-hybridized carbons (Fsp3) is 0.357. The number of benzene rings is 2. The normalized spacial score (nSPS) is 18.7. The second-order valence-electron chi connectivity index (χ2n) is 8.89. The summed E-state index contributed by atoms with van der Waals surface area (Å²) in [6.07, 6.45) is 4.29. The molecule has 1 unspecified atom stereocenters. The second kappa shape index (κ2) is 11.2. The zero-order valence-electron chi connectivity index (χ0n) is 20.8. The van der Waals surface area contributed by atoms with Crippen LogP contribution in [-0.2, 0) is 4.74 Å². The molecule has 0 aromatic heterocycles. The van der Waals surface area contributed by atoms with Gasteiger partial charge in [0.1, 0.15) is 6.61 Å². The fourth-order valence-electron chi connectivity index (χ4n) is 4.64. The maximum atomic E-state index is 13.9. The van der Waals surface area contributed by atoms with Gasteiger partial charge in [-0.3, -0.25) is 9.69 Å². The van der Waals surface area contributed by atoms with Crippen LogP contribution in [0.5, 0.6) is 11.5 Å². The molecule has 2 aliphatic heterocycles. The molecule has 0 saturated heterocycles. The van der Waals surface area contributed by atoms with Crippen LogP contribution in [0, 0.1) is 6.92 Å². The van der Waals surface area contributed by atoms with Gasteiger partial charge in [0.15, 0.2) is 11.5 Å². The number of hydrogen-bond donors (Lipinski definition) is 0. The van der Waals surface area contributed by atoms with Crippen LogP contribution in [0.2, 0.25) is 0 Å². The topological polar surface area (TPSA) is 68.3 Å². The Morgan fingerprint density at radius 3 is 2.64 bits per heavy atom. The number of methoxy groups -OCH3 is 1. The van der Waals surface area contributed by atoms with E-state index in [0.717, 1.165) is 22.9 Å². The molecule has 2 aromatic carbocycles. The molecule has 190 valence electrons. The number of amides is 2. The Balaban J connectivity index is 1.81. The van der Waals surface area contributed by atoms with Crippen molar-refractivity contribution >= 4 is 39.2 Å². The van der Waals surface area contributed by atoms with Gasteiger partial charge >= 0.3 is 6.09 Å². The minimum atomic E-state index is -0.543. The molecule has 7 nitrogen and oxygen atoms in total. The summed E-state index contributed by atoms with van der Waals surface area (Å²) in [5, 5.41) is 0.794. The lowest BCUT2D eigenvalue weighted by Crippen LogP contribution is -2.48. The first-order valence-electron chi connectivity index (χ1n) is 12.0. The van der Waals surface area contributed by atoms with Crippen LogP contribution in [-0.4, -0.2) is 54.6 Å². The zero-order valence-corrected chi connectivity index (χ0v) is 22.4. The number of aryl methyl sites for hydroxylation is 1. The predicted octanol–water partition coefficient (Wildman–Crippen LogP) is 5.95. The van der Waals surface area contributed by atoms with Crippen molar-refractivity contribution in [2.45, 2.75) is 38.8 Å². The molecule has 36 heavy (non-hydrogen) atoms. The molecule has 2 aliphatic rings. The van der Waals surface area contributed by atoms with Gasteiger partial charge in [0, 0.05) is 17.6 Å². The molecular weight excluding hydrogens is 524 g/mol. The number of halogens is 1. The maximum Gasteiger partial charge on any atom is 0.414 e. The molecule has 0 fully saturated rings. The van der Waals surface area contributed by atoms with Crippen molar-refractivity contribution in [1.29, 1.82) is 0 Å². The number of ether oxygens (including phenoxy) is 3. The molecule has 0 N–H and O–H groups in total. The highest BCUT2D eigenvalue weighted by Gasteiger charge is 2.44. The van der Waals surface area contributed by atoms with E-state index < -0.39 is 6.09 Å². The van der Waals surface area contributed by atoms with E-state index in [2.05, 4.69) is 46.8 Å². The number of rotatable bonds is 8. The van der Waals surface area contributed by atoms with Crippen LogP contribution < -0.4 is 14.4 Å². The van der Waals surface area contributed by atoms with E-state index in [9.17, 15) is 9.59 Å². The summed E-state index contributed by atoms with van der Waals surface area (Å²) in [7, 11) is 1.53. The van der Waals surface area contributed by atoms with Crippen LogP contribution >= 0.6 is 15.9 Å². The van der Waals surface area contributed by atoms with Crippen molar-refractivity contribution in [2.75, 3.05) is 30.6 Å². The minimum absolute atomic E-state index is 0.0668. The second-order valence-corrected chi connectivity index (χ2v) is 9.68. The van der Waals surface area contributed by atoms with E-state index in [4.69, 9.17) is 14.2 Å². The number of fused-ring (bicyclic) bond motifs is 2. The summed E-state index contributed by atoms with van der Waals surface area (Å²) < 4.78 is 17.0. The highest BCUT2D eigenvalue weighted by atomic mass is 79.9. The molecule has 4 rings (SSSR count). The lowest BCUT2D eigenvalue weighted by Gasteiger charge is -2.33. The lowest BCUT2D eigenvalue weighted by molar-refractivity contribution is 0.0777. The van der Waals surface area contributed by atoms with E-state index >= 15 is 0 Å². The standard InChI is InChI=1S/C28H31BrN2O5/c1-5-12-36-28(33)31-19(3)23-14-21(20-9-7-18(2)8-10-20)17-30(23)27(32)22-15-25(34-4)26(16-24(22)31)35-13-6-11-29/h5,7-10,15-17,19,23H,1,6,11-14H2,2-4H3/t19?,23-/m0/s1. The Morgan fingerprint density at radius 1 is 1.22 bits per heavy atom. The monoisotopic (exact) mass is 554 g/mol. The van der Waals surface area contributed by atoms with E-state index in [-0.39, 0.29) is 24.6 Å². The highest BCUT2D eigenvalue weighted by Crippen LogP contribution is 2.43. The maximum absolute atomic E-state index is 13.9. The SMILES string of the molecule is C=CCOC(=O)N1c2cc(OCCCBr)c(OC)cc2C(=O)N2C=C(c3ccc(C)cc3)C[C@H]2C1C. The Hall–Kier alpha value is -3.26. The van der Waals surface area contributed by atoms with Gasteiger partial charge in [-0.05, 0) is 43.9 Å². The van der Waals surface area contributed by atoms with Gasteiger partial charge in [0.25, 0.3) is 5.91 Å². The molecule has 0 spiro atoms. The molecule has 0 radical (unpaired) electrons. The summed E-state index contributed by atoms with van der Waals surface area (Å²) in [4.78, 5) is 30.5. The van der Waals surface area contributed by atoms with Crippen LogP contribution in [0.15, 0.2) is 55.3 Å². The van der Waals surface area contributed by atoms with Crippen LogP contribution in [0.4, 0.5) is 10.5 Å². The first-order chi connectivity index (χ1) is 17.4. The Kier molecular flexibility index (Phi) is 8.04. The summed E-state index contributed by atoms with van der Waals surface area (Å²) in [5.41, 5.74) is 4.07. The van der Waals surface area contributed by atoms with Crippen molar-refractivity contribution in [3.05, 3.63) is 71.9 Å². The molecule has 2 heterocycles. The first kappa shape index (κ1) is 25.8. The van der Waals surface area contributed by atoms with Crippen molar-refractivity contribution in [2.24, 2.45) is 0 Å². The third kappa shape index (κ3) is 5.00. The van der Waals surface area contributed by atoms with Crippen molar-refractivity contribution in [3.63, 3.8) is 0 Å². The summed E-state index contributed by atoms with van der Waals surface area (Å²) in [6, 6.07) is 11.0. The molecule has 2 aromatic rings. The molecule has 8 heteroatoms. The predicted molar refractivity (Wildman–Crippen MR) is 144 cm³/mol. The van der Waals surface area contributed by atoms with Gasteiger partial charge in [-0.25, -0.2) is 4.79 Å². The zero-order chi connectivity index (χ0) is 25.8. The van der Waals surface area contributed by atoms with Crippen LogP contribution in [0.3, 0.4) is 0 Å². The number of nitrogens with zero attached hydrogens (tertiary/aromatic N) is 2. The Bertz CT molecular complexity index is 1180. The molecule has 0 bridgehead atoms. The number of anilines is 1. The van der Waals surface area contributed by atoms with Gasteiger partial charge in [0.2, 0.25) is 0 Å². The Labute approximate surface area is 220 Å². The number of carbonyl (C=O) groups is 2. The number of carbonyl (C=O) groups excluding carboxylic acids is 2. The van der Waals surface area contributed by atoms with Crippen molar-refractivity contribution in [3.8, 4) is 11.5 Å². The minimum Gasteiger partial charge on any atom is -0.493 e. The van der Waals surface area contributed by atoms with Gasteiger partial charge in [-0.1, -0.05) is 58.4 Å². The van der Waals surface area contributed by atoms with Crippen LogP contribution in [0.1, 0.15) is 41.3 Å². The highest BCUT2D eigenvalue weighted by molar-refractivity contribution is 9.09. The van der Waals surface area contributed by atoms with E-state index in [0.29, 0.717) is 35.8 Å². The van der Waals surface area contributed by atoms with Crippen LogP contribution in [0.25, 0.3) is 5.57 Å². The Morgan fingerprint density at radius 2 is 1.97 bits per heavy atom. The molecule has 0 saturated carbocycles. The summed E-state index contributed by atoms with van der Waals surface area (Å²) in [6.45, 7) is 8.16. The lowest BCUT2D eigenvalue weighted by atomic mass is 9.97. The fourth-order valence-corrected chi connectivity index (χ4v) is 4.86. The van der Waals surface area contributed by atoms with Gasteiger partial charge in [0.05, 0.1) is 37.1 Å². The first-order valence-corrected chi connectivity index (χ1v) is 13.1. The average Bonchev–Trinajstić information content (AvgIpc) is 3.30. The third-order valence-electron chi connectivity index (χ3n) is 6.53. The van der Waals surface area contributed by atoms with E-state index in [1.54, 1.807) is 21.9 Å². The van der Waals surface area contributed by atoms with Crippen molar-refractivity contribution in [1.82, 2.24) is 4.90 Å². The molecule has 2 atom stereocenters. The van der Waals surface area contributed by atoms with Gasteiger partial charge < -0.3 is 19.1 Å². The van der Waals surface area contributed by atoms with Gasteiger partial charge in [-0.2, -0.15) is 0 Å². The molecule has 0 aliphatic carbocycles. The largest absolute Gasteiger partial charge is 0.493 e. The quantitative estimate of drug-likeness (QED) is 0.229. The molecule has 2 amide bonds. The van der Waals surface area contributed by atoms with E-state index in [1.807, 2.05) is 20.0 Å². The number of alkyl halides is 1. The summed E-state index contributed by atoms with van der Waals surface area (Å²) in [5.74, 6) is 0.703. The van der Waals surface area contributed by atoms with E-state index in [1.165, 1.54) is 18.7 Å². The van der Waals surface area contributed by atoms with Crippen molar-refractivity contribution < 1.29 is 23.8 Å². The third-order valence-corrected chi connectivity index (χ3v) is 7.09. The van der Waals surface area contributed by atoms with Gasteiger partial charge in [-0.15, -0.1) is 0 Å². The molecular formula is C28H31BrN2O5. The summed E-state index contributed by atoms with van der Waals surface area (Å²) >= 11 is 3.41. The average molecular weight is 555 g/mol.